The van der Waals surface area contributed by atoms with E-state index in [4.69, 9.17) is 0 Å². The summed E-state index contributed by atoms with van der Waals surface area (Å²) in [5.74, 6) is 1.65. The van der Waals surface area contributed by atoms with Gasteiger partial charge >= 0.3 is 0 Å². The first-order valence-electron chi connectivity index (χ1n) is 4.20. The van der Waals surface area contributed by atoms with E-state index in [0.717, 1.165) is 11.8 Å². The van der Waals surface area contributed by atoms with Crippen molar-refractivity contribution < 1.29 is 0 Å². The van der Waals surface area contributed by atoms with Crippen LogP contribution < -0.4 is 0 Å². The minimum absolute atomic E-state index is 0.819. The standard InChI is InChI=1S/C10H14/c1-3-10-7(2)8-4-5-9(10)6-8/h4-5,8-9H,3,6H2,1-2H3. The van der Waals surface area contributed by atoms with Crippen LogP contribution in [0.15, 0.2) is 23.3 Å². The van der Waals surface area contributed by atoms with Crippen LogP contribution in [0.25, 0.3) is 0 Å². The number of fused-ring (bicyclic) bond motifs is 2. The zero-order valence-corrected chi connectivity index (χ0v) is 6.72. The molecule has 2 aliphatic carbocycles. The second-order valence-electron chi connectivity index (χ2n) is 3.40. The molecule has 0 heterocycles. The maximum absolute atomic E-state index is 2.39. The van der Waals surface area contributed by atoms with Crippen molar-refractivity contribution in [2.45, 2.75) is 26.7 Å². The number of hydrogen-bond acceptors (Lipinski definition) is 0. The van der Waals surface area contributed by atoms with E-state index in [1.54, 1.807) is 11.1 Å². The van der Waals surface area contributed by atoms with Crippen LogP contribution in [0.2, 0.25) is 0 Å². The molecule has 2 bridgehead atoms. The first kappa shape index (κ1) is 6.21. The lowest BCUT2D eigenvalue weighted by molar-refractivity contribution is 0.693. The van der Waals surface area contributed by atoms with Crippen LogP contribution in [0.1, 0.15) is 26.7 Å². The number of allylic oxidation sites excluding steroid dienone is 4. The summed E-state index contributed by atoms with van der Waals surface area (Å²) < 4.78 is 0. The van der Waals surface area contributed by atoms with Crippen LogP contribution in [-0.4, -0.2) is 0 Å². The smallest absolute Gasteiger partial charge is 0.00117 e. The Balaban J connectivity index is 2.33. The second kappa shape index (κ2) is 1.98. The normalized spacial score (nSPS) is 36.2. The fraction of sp³-hybridized carbons (Fsp3) is 0.600. The van der Waals surface area contributed by atoms with Gasteiger partial charge in [0.15, 0.2) is 0 Å². The predicted octanol–water partition coefficient (Wildman–Crippen LogP) is 2.92. The van der Waals surface area contributed by atoms with Crippen LogP contribution in [0.5, 0.6) is 0 Å². The molecule has 2 aliphatic rings. The molecule has 0 saturated carbocycles. The molecule has 0 heteroatoms. The molecule has 0 aliphatic heterocycles. The van der Waals surface area contributed by atoms with Crippen molar-refractivity contribution in [3.63, 3.8) is 0 Å². The Labute approximate surface area is 62.6 Å². The Kier molecular flexibility index (Phi) is 1.23. The van der Waals surface area contributed by atoms with E-state index in [1.807, 2.05) is 0 Å². The lowest BCUT2D eigenvalue weighted by Crippen LogP contribution is -1.94. The fourth-order valence-corrected chi connectivity index (χ4v) is 2.35. The average Bonchev–Trinajstić information content (AvgIpc) is 2.46. The van der Waals surface area contributed by atoms with Crippen molar-refractivity contribution in [1.29, 1.82) is 0 Å². The molecule has 0 N–H and O–H groups in total. The summed E-state index contributed by atoms with van der Waals surface area (Å²) in [6, 6.07) is 0. The quantitative estimate of drug-likeness (QED) is 0.484. The third-order valence-corrected chi connectivity index (χ3v) is 2.97. The highest BCUT2D eigenvalue weighted by Gasteiger charge is 2.31. The molecule has 0 nitrogen and oxygen atoms in total. The summed E-state index contributed by atoms with van der Waals surface area (Å²) in [7, 11) is 0. The summed E-state index contributed by atoms with van der Waals surface area (Å²) in [5, 5.41) is 0. The van der Waals surface area contributed by atoms with E-state index < -0.39 is 0 Å². The van der Waals surface area contributed by atoms with Crippen LogP contribution >= 0.6 is 0 Å². The molecule has 0 spiro atoms. The highest BCUT2D eigenvalue weighted by atomic mass is 14.4. The van der Waals surface area contributed by atoms with Crippen LogP contribution in [0.3, 0.4) is 0 Å². The Morgan fingerprint density at radius 1 is 1.40 bits per heavy atom. The Morgan fingerprint density at radius 3 is 2.50 bits per heavy atom. The molecule has 2 atom stereocenters. The first-order chi connectivity index (χ1) is 4.83. The lowest BCUT2D eigenvalue weighted by Gasteiger charge is -2.09. The van der Waals surface area contributed by atoms with Gasteiger partial charge in [-0.15, -0.1) is 0 Å². The van der Waals surface area contributed by atoms with Gasteiger partial charge in [-0.3, -0.25) is 0 Å². The van der Waals surface area contributed by atoms with Gasteiger partial charge in [-0.1, -0.05) is 30.2 Å². The van der Waals surface area contributed by atoms with E-state index >= 15 is 0 Å². The zero-order valence-electron chi connectivity index (χ0n) is 6.72. The van der Waals surface area contributed by atoms with Crippen LogP contribution in [-0.2, 0) is 0 Å². The van der Waals surface area contributed by atoms with Gasteiger partial charge in [-0.05, 0) is 31.6 Å². The van der Waals surface area contributed by atoms with Crippen molar-refractivity contribution in [1.82, 2.24) is 0 Å². The largest absolute Gasteiger partial charge is 0.0807 e. The molecular formula is C10H14. The van der Waals surface area contributed by atoms with Crippen LogP contribution in [0.4, 0.5) is 0 Å². The molecule has 10 heavy (non-hydrogen) atoms. The topological polar surface area (TPSA) is 0 Å². The third-order valence-electron chi connectivity index (χ3n) is 2.97. The molecule has 0 aromatic rings. The van der Waals surface area contributed by atoms with Crippen molar-refractivity contribution >= 4 is 0 Å². The van der Waals surface area contributed by atoms with Gasteiger partial charge in [0, 0.05) is 0 Å². The second-order valence-corrected chi connectivity index (χ2v) is 3.40. The van der Waals surface area contributed by atoms with Gasteiger partial charge in [0.2, 0.25) is 0 Å². The monoisotopic (exact) mass is 134 g/mol. The molecule has 0 saturated heterocycles. The van der Waals surface area contributed by atoms with Crippen molar-refractivity contribution in [3.05, 3.63) is 23.3 Å². The first-order valence-corrected chi connectivity index (χ1v) is 4.20. The van der Waals surface area contributed by atoms with Crippen molar-refractivity contribution in [3.8, 4) is 0 Å². The van der Waals surface area contributed by atoms with E-state index in [2.05, 4.69) is 26.0 Å². The van der Waals surface area contributed by atoms with Gasteiger partial charge in [-0.2, -0.15) is 0 Å². The van der Waals surface area contributed by atoms with E-state index in [-0.39, 0.29) is 0 Å². The summed E-state index contributed by atoms with van der Waals surface area (Å²) in [5.41, 5.74) is 3.38. The van der Waals surface area contributed by atoms with Gasteiger partial charge in [0.05, 0.1) is 0 Å². The van der Waals surface area contributed by atoms with E-state index in [1.165, 1.54) is 12.8 Å². The minimum Gasteiger partial charge on any atom is -0.0807 e. The lowest BCUT2D eigenvalue weighted by atomic mass is 9.96. The molecule has 2 rings (SSSR count). The SMILES string of the molecule is CCC1=C(C)C2C=CC1C2. The van der Waals surface area contributed by atoms with Gasteiger partial charge in [-0.25, -0.2) is 0 Å². The van der Waals surface area contributed by atoms with Gasteiger partial charge in [0.1, 0.15) is 0 Å². The maximum atomic E-state index is 2.39. The molecule has 54 valence electrons. The van der Waals surface area contributed by atoms with Gasteiger partial charge in [0.25, 0.3) is 0 Å². The fourth-order valence-electron chi connectivity index (χ4n) is 2.35. The minimum atomic E-state index is 0.819. The molecule has 0 aromatic carbocycles. The molecule has 0 aromatic heterocycles. The highest BCUT2D eigenvalue weighted by Crippen LogP contribution is 2.44. The predicted molar refractivity (Wildman–Crippen MR) is 43.7 cm³/mol. The molecule has 2 unspecified atom stereocenters. The summed E-state index contributed by atoms with van der Waals surface area (Å²) in [6.07, 6.45) is 7.40. The third kappa shape index (κ3) is 0.622. The Hall–Kier alpha value is -0.520. The zero-order chi connectivity index (χ0) is 7.14. The van der Waals surface area contributed by atoms with Gasteiger partial charge < -0.3 is 0 Å². The van der Waals surface area contributed by atoms with E-state index in [9.17, 15) is 0 Å². The maximum Gasteiger partial charge on any atom is -0.00117 e. The highest BCUT2D eigenvalue weighted by molar-refractivity contribution is 5.35. The Morgan fingerprint density at radius 2 is 2.10 bits per heavy atom. The Bertz CT molecular complexity index is 208. The number of rotatable bonds is 1. The summed E-state index contributed by atoms with van der Waals surface area (Å²) in [6.45, 7) is 4.57. The van der Waals surface area contributed by atoms with Crippen molar-refractivity contribution in [2.24, 2.45) is 11.8 Å². The van der Waals surface area contributed by atoms with E-state index in [0.29, 0.717) is 0 Å². The van der Waals surface area contributed by atoms with Crippen LogP contribution in [0, 0.1) is 11.8 Å². The number of hydrogen-bond donors (Lipinski definition) is 0. The molecule has 0 amide bonds. The molecular weight excluding hydrogens is 120 g/mol. The van der Waals surface area contributed by atoms with Crippen molar-refractivity contribution in [2.75, 3.05) is 0 Å². The summed E-state index contributed by atoms with van der Waals surface area (Å²) in [4.78, 5) is 0. The molecule has 0 radical (unpaired) electrons. The molecule has 0 fully saturated rings. The average molecular weight is 134 g/mol. The summed E-state index contributed by atoms with van der Waals surface area (Å²) >= 11 is 0.